The number of anilines is 2. The van der Waals surface area contributed by atoms with Crippen molar-refractivity contribution in [3.63, 3.8) is 0 Å². The minimum absolute atomic E-state index is 0.0612. The van der Waals surface area contributed by atoms with Gasteiger partial charge in [0, 0.05) is 37.9 Å². The second kappa shape index (κ2) is 7.89. The van der Waals surface area contributed by atoms with E-state index in [1.807, 2.05) is 4.90 Å². The van der Waals surface area contributed by atoms with Crippen LogP contribution in [0.5, 0.6) is 5.75 Å². The number of piperazine rings is 1. The highest BCUT2D eigenvalue weighted by atomic mass is 19.4. The summed E-state index contributed by atoms with van der Waals surface area (Å²) in [6.45, 7) is 1.24. The van der Waals surface area contributed by atoms with E-state index in [0.29, 0.717) is 24.5 Å². The van der Waals surface area contributed by atoms with Crippen molar-refractivity contribution in [2.45, 2.75) is 12.6 Å². The number of pyridine rings is 1. The molecule has 0 saturated carbocycles. The van der Waals surface area contributed by atoms with Gasteiger partial charge in [-0.05, 0) is 24.3 Å². The number of fused-ring (bicyclic) bond motifs is 1. The summed E-state index contributed by atoms with van der Waals surface area (Å²) >= 11 is 0. The number of hydrogen-bond donors (Lipinski definition) is 1. The van der Waals surface area contributed by atoms with E-state index < -0.39 is 29.5 Å². The lowest BCUT2D eigenvalue weighted by atomic mass is 10.1. The lowest BCUT2D eigenvalue weighted by molar-refractivity contribution is -0.143. The number of esters is 1. The van der Waals surface area contributed by atoms with Gasteiger partial charge in [-0.2, -0.15) is 13.2 Å². The first-order valence-corrected chi connectivity index (χ1v) is 9.43. The van der Waals surface area contributed by atoms with Crippen LogP contribution in [-0.2, 0) is 27.0 Å². The maximum atomic E-state index is 12.7. The molecule has 1 N–H and O–H groups in total. The van der Waals surface area contributed by atoms with E-state index >= 15 is 0 Å². The van der Waals surface area contributed by atoms with Crippen molar-refractivity contribution < 1.29 is 32.3 Å². The fourth-order valence-electron chi connectivity index (χ4n) is 3.41. The molecular formula is C20H17F3N4O4. The summed E-state index contributed by atoms with van der Waals surface area (Å²) < 4.78 is 43.1. The van der Waals surface area contributed by atoms with Crippen LogP contribution in [0.4, 0.5) is 24.5 Å². The highest BCUT2D eigenvalue weighted by Crippen LogP contribution is 2.31. The Morgan fingerprint density at radius 3 is 2.39 bits per heavy atom. The van der Waals surface area contributed by atoms with Crippen LogP contribution in [0.25, 0.3) is 0 Å². The number of aromatic nitrogens is 1. The minimum Gasteiger partial charge on any atom is -0.424 e. The zero-order chi connectivity index (χ0) is 22.2. The van der Waals surface area contributed by atoms with E-state index in [9.17, 15) is 27.6 Å². The molecule has 1 saturated heterocycles. The van der Waals surface area contributed by atoms with E-state index in [1.54, 1.807) is 0 Å². The summed E-state index contributed by atoms with van der Waals surface area (Å²) in [6.07, 6.45) is -2.99. The van der Waals surface area contributed by atoms with Crippen LogP contribution in [0.15, 0.2) is 36.5 Å². The van der Waals surface area contributed by atoms with Gasteiger partial charge < -0.3 is 19.9 Å². The Bertz CT molecular complexity index is 1030. The monoisotopic (exact) mass is 434 g/mol. The molecule has 4 rings (SSSR count). The second-order valence-electron chi connectivity index (χ2n) is 7.10. The van der Waals surface area contributed by atoms with Crippen molar-refractivity contribution in [2.24, 2.45) is 0 Å². The molecule has 2 aliphatic rings. The Labute approximate surface area is 174 Å². The number of amides is 2. The third kappa shape index (κ3) is 4.44. The highest BCUT2D eigenvalue weighted by Gasteiger charge is 2.31. The predicted molar refractivity (Wildman–Crippen MR) is 102 cm³/mol. The van der Waals surface area contributed by atoms with E-state index in [1.165, 1.54) is 29.3 Å². The molecule has 1 aromatic carbocycles. The number of rotatable bonds is 2. The first-order chi connectivity index (χ1) is 14.7. The molecular weight excluding hydrogens is 417 g/mol. The molecule has 2 aromatic rings. The standard InChI is InChI=1S/C20H17F3N4O4/c21-20(22,23)12-1-3-14(4-2-12)26-5-7-27(8-6-26)19(30)18(29)25-13-9-16-15(24-11-13)10-17(28)31-16/h1-4,9,11H,5-8,10H2,(H,25,29). The quantitative estimate of drug-likeness (QED) is 0.573. The zero-order valence-corrected chi connectivity index (χ0v) is 16.1. The molecule has 1 fully saturated rings. The Morgan fingerprint density at radius 2 is 1.74 bits per heavy atom. The Kier molecular flexibility index (Phi) is 5.25. The molecule has 11 heteroatoms. The van der Waals surface area contributed by atoms with E-state index in [0.717, 1.165) is 12.1 Å². The van der Waals surface area contributed by atoms with Crippen LogP contribution in [0.2, 0.25) is 0 Å². The molecule has 2 aliphatic heterocycles. The van der Waals surface area contributed by atoms with Gasteiger partial charge in [0.1, 0.15) is 0 Å². The van der Waals surface area contributed by atoms with Gasteiger partial charge in [0.2, 0.25) is 0 Å². The van der Waals surface area contributed by atoms with Gasteiger partial charge in [0.15, 0.2) is 5.75 Å². The molecule has 0 spiro atoms. The van der Waals surface area contributed by atoms with Crippen LogP contribution in [0.1, 0.15) is 11.3 Å². The van der Waals surface area contributed by atoms with Gasteiger partial charge in [-0.25, -0.2) is 0 Å². The number of ether oxygens (including phenoxy) is 1. The van der Waals surface area contributed by atoms with Gasteiger partial charge >= 0.3 is 24.0 Å². The van der Waals surface area contributed by atoms with Crippen molar-refractivity contribution in [3.8, 4) is 5.75 Å². The molecule has 0 unspecified atom stereocenters. The molecule has 3 heterocycles. The first-order valence-electron chi connectivity index (χ1n) is 9.43. The normalized spacial score (nSPS) is 16.0. The van der Waals surface area contributed by atoms with Crippen molar-refractivity contribution in [3.05, 3.63) is 47.8 Å². The number of benzene rings is 1. The van der Waals surface area contributed by atoms with Crippen molar-refractivity contribution in [1.29, 1.82) is 0 Å². The summed E-state index contributed by atoms with van der Waals surface area (Å²) in [6, 6.07) is 6.24. The third-order valence-electron chi connectivity index (χ3n) is 5.04. The maximum absolute atomic E-state index is 12.7. The summed E-state index contributed by atoms with van der Waals surface area (Å²) in [7, 11) is 0. The highest BCUT2D eigenvalue weighted by molar-refractivity contribution is 6.39. The molecule has 0 bridgehead atoms. The topological polar surface area (TPSA) is 91.8 Å². The van der Waals surface area contributed by atoms with Crippen LogP contribution < -0.4 is 15.0 Å². The summed E-state index contributed by atoms with van der Waals surface area (Å²) in [4.78, 5) is 43.3. The fraction of sp³-hybridized carbons (Fsp3) is 0.300. The molecule has 162 valence electrons. The molecule has 1 aromatic heterocycles. The number of carbonyl (C=O) groups is 3. The van der Waals surface area contributed by atoms with E-state index in [4.69, 9.17) is 4.74 Å². The van der Waals surface area contributed by atoms with Gasteiger partial charge in [-0.1, -0.05) is 0 Å². The van der Waals surface area contributed by atoms with E-state index in [2.05, 4.69) is 10.3 Å². The van der Waals surface area contributed by atoms with Crippen LogP contribution >= 0.6 is 0 Å². The van der Waals surface area contributed by atoms with Crippen molar-refractivity contribution in [2.75, 3.05) is 36.4 Å². The molecule has 0 atom stereocenters. The predicted octanol–water partition coefficient (Wildman–Crippen LogP) is 1.85. The third-order valence-corrected chi connectivity index (χ3v) is 5.04. The lowest BCUT2D eigenvalue weighted by Crippen LogP contribution is -2.51. The second-order valence-corrected chi connectivity index (χ2v) is 7.10. The average Bonchev–Trinajstić information content (AvgIpc) is 3.12. The number of alkyl halides is 3. The summed E-state index contributed by atoms with van der Waals surface area (Å²) in [5.41, 5.74) is 0.588. The maximum Gasteiger partial charge on any atom is 0.416 e. The fourth-order valence-corrected chi connectivity index (χ4v) is 3.41. The van der Waals surface area contributed by atoms with Crippen LogP contribution in [0, 0.1) is 0 Å². The Morgan fingerprint density at radius 1 is 1.06 bits per heavy atom. The zero-order valence-electron chi connectivity index (χ0n) is 16.1. The largest absolute Gasteiger partial charge is 0.424 e. The van der Waals surface area contributed by atoms with Gasteiger partial charge in [-0.15, -0.1) is 0 Å². The molecule has 0 radical (unpaired) electrons. The van der Waals surface area contributed by atoms with E-state index in [-0.39, 0.29) is 30.9 Å². The van der Waals surface area contributed by atoms with Gasteiger partial charge in [0.25, 0.3) is 0 Å². The average molecular weight is 434 g/mol. The van der Waals surface area contributed by atoms with Gasteiger partial charge in [0.05, 0.1) is 29.6 Å². The molecule has 31 heavy (non-hydrogen) atoms. The number of nitrogens with one attached hydrogen (secondary N) is 1. The minimum atomic E-state index is -4.40. The molecule has 8 nitrogen and oxygen atoms in total. The smallest absolute Gasteiger partial charge is 0.416 e. The number of carbonyl (C=O) groups excluding carboxylic acids is 3. The van der Waals surface area contributed by atoms with Crippen LogP contribution in [-0.4, -0.2) is 53.8 Å². The number of halogens is 3. The molecule has 2 amide bonds. The van der Waals surface area contributed by atoms with Crippen molar-refractivity contribution in [1.82, 2.24) is 9.88 Å². The Balaban J connectivity index is 1.32. The van der Waals surface area contributed by atoms with Gasteiger partial charge in [-0.3, -0.25) is 19.4 Å². The molecule has 0 aliphatic carbocycles. The lowest BCUT2D eigenvalue weighted by Gasteiger charge is -2.35. The number of nitrogens with zero attached hydrogens (tertiary/aromatic N) is 3. The van der Waals surface area contributed by atoms with Crippen molar-refractivity contribution >= 4 is 29.2 Å². The number of hydrogen-bond acceptors (Lipinski definition) is 6. The Hall–Kier alpha value is -3.63. The van der Waals surface area contributed by atoms with Crippen LogP contribution in [0.3, 0.4) is 0 Å². The SMILES string of the molecule is O=C1Cc2ncc(NC(=O)C(=O)N3CCN(c4ccc(C(F)(F)F)cc4)CC3)cc2O1. The summed E-state index contributed by atoms with van der Waals surface area (Å²) in [5, 5.41) is 2.44. The summed E-state index contributed by atoms with van der Waals surface area (Å²) in [5.74, 6) is -1.77. The first kappa shape index (κ1) is 20.6.